The molecule has 1 N–H and O–H groups in total. The molecule has 0 aliphatic heterocycles. The monoisotopic (exact) mass is 384 g/mol. The number of hydrogen-bond acceptors (Lipinski definition) is 3. The molecule has 4 rings (SSSR count). The van der Waals surface area contributed by atoms with Gasteiger partial charge in [-0.25, -0.2) is 4.98 Å². The molecule has 28 heavy (non-hydrogen) atoms. The smallest absolute Gasteiger partial charge is 0.255 e. The molecule has 1 heterocycles. The van der Waals surface area contributed by atoms with E-state index in [1.165, 1.54) is 0 Å². The topological polar surface area (TPSA) is 42.0 Å². The number of benzene rings is 3. The van der Waals surface area contributed by atoms with E-state index in [1.54, 1.807) is 11.3 Å². The number of thiazole rings is 1. The first kappa shape index (κ1) is 18.1. The van der Waals surface area contributed by atoms with E-state index in [4.69, 9.17) is 4.98 Å². The highest BCUT2D eigenvalue weighted by atomic mass is 32.1. The molecule has 3 aromatic carbocycles. The van der Waals surface area contributed by atoms with Crippen LogP contribution in [0.25, 0.3) is 21.8 Å². The number of aryl methyl sites for hydroxylation is 2. The van der Waals surface area contributed by atoms with Crippen molar-refractivity contribution < 1.29 is 4.79 Å². The summed E-state index contributed by atoms with van der Waals surface area (Å²) in [6, 6.07) is 23.8. The number of aromatic nitrogens is 1. The zero-order valence-electron chi connectivity index (χ0n) is 15.8. The summed E-state index contributed by atoms with van der Waals surface area (Å²) in [5.41, 5.74) is 6.69. The number of rotatable bonds is 4. The molecule has 0 saturated heterocycles. The van der Waals surface area contributed by atoms with Crippen LogP contribution < -0.4 is 5.32 Å². The molecular formula is C24H20N2OS. The van der Waals surface area contributed by atoms with Gasteiger partial charge in [-0.1, -0.05) is 60.2 Å². The molecule has 0 spiro atoms. The second kappa shape index (κ2) is 7.79. The van der Waals surface area contributed by atoms with Crippen LogP contribution in [0.15, 0.2) is 78.2 Å². The first-order chi connectivity index (χ1) is 13.6. The van der Waals surface area contributed by atoms with Crippen LogP contribution in [0.2, 0.25) is 0 Å². The molecule has 0 bridgehead atoms. The third-order valence-corrected chi connectivity index (χ3v) is 5.48. The lowest BCUT2D eigenvalue weighted by Gasteiger charge is -2.09. The Hall–Kier alpha value is -3.24. The van der Waals surface area contributed by atoms with Gasteiger partial charge in [0.15, 0.2) is 0 Å². The predicted molar refractivity (Wildman–Crippen MR) is 117 cm³/mol. The summed E-state index contributed by atoms with van der Waals surface area (Å²) in [7, 11) is 0. The summed E-state index contributed by atoms with van der Waals surface area (Å²) in [5.74, 6) is -0.0923. The minimum absolute atomic E-state index is 0.0923. The second-order valence-corrected chi connectivity index (χ2v) is 7.61. The first-order valence-corrected chi connectivity index (χ1v) is 9.98. The molecule has 1 amide bonds. The van der Waals surface area contributed by atoms with E-state index < -0.39 is 0 Å². The Balaban J connectivity index is 1.50. The quantitative estimate of drug-likeness (QED) is 0.446. The fraction of sp³-hybridized carbons (Fsp3) is 0.0833. The van der Waals surface area contributed by atoms with Crippen LogP contribution >= 0.6 is 11.3 Å². The van der Waals surface area contributed by atoms with Crippen LogP contribution in [0, 0.1) is 13.8 Å². The van der Waals surface area contributed by atoms with E-state index in [0.717, 1.165) is 38.6 Å². The van der Waals surface area contributed by atoms with Crippen LogP contribution in [0.3, 0.4) is 0 Å². The lowest BCUT2D eigenvalue weighted by molar-refractivity contribution is 0.102. The van der Waals surface area contributed by atoms with E-state index in [1.807, 2.05) is 74.5 Å². The van der Waals surface area contributed by atoms with E-state index >= 15 is 0 Å². The highest BCUT2D eigenvalue weighted by Crippen LogP contribution is 2.29. The Morgan fingerprint density at radius 2 is 1.64 bits per heavy atom. The number of carbonyl (C=O) groups is 1. The van der Waals surface area contributed by atoms with Crippen molar-refractivity contribution in [2.75, 3.05) is 5.32 Å². The number of anilines is 1. The third kappa shape index (κ3) is 3.87. The number of hydrogen-bond donors (Lipinski definition) is 1. The average molecular weight is 385 g/mol. The van der Waals surface area contributed by atoms with Crippen LogP contribution in [0.5, 0.6) is 0 Å². The van der Waals surface area contributed by atoms with Crippen LogP contribution in [-0.2, 0) is 0 Å². The second-order valence-electron chi connectivity index (χ2n) is 6.75. The zero-order valence-corrected chi connectivity index (χ0v) is 16.6. The number of nitrogens with zero attached hydrogens (tertiary/aromatic N) is 1. The maximum atomic E-state index is 12.5. The van der Waals surface area contributed by atoms with Gasteiger partial charge in [-0.2, -0.15) is 0 Å². The van der Waals surface area contributed by atoms with E-state index in [9.17, 15) is 4.79 Å². The molecule has 3 nitrogen and oxygen atoms in total. The maximum absolute atomic E-state index is 12.5. The lowest BCUT2D eigenvalue weighted by Crippen LogP contribution is -2.13. The molecular weight excluding hydrogens is 364 g/mol. The normalized spacial score (nSPS) is 10.6. The molecule has 0 atom stereocenters. The van der Waals surface area contributed by atoms with Gasteiger partial charge in [0.05, 0.1) is 5.69 Å². The zero-order chi connectivity index (χ0) is 19.5. The van der Waals surface area contributed by atoms with Gasteiger partial charge in [0, 0.05) is 27.8 Å². The van der Waals surface area contributed by atoms with Crippen molar-refractivity contribution in [3.63, 3.8) is 0 Å². The Bertz CT molecular complexity index is 1120. The molecule has 138 valence electrons. The Kier molecular flexibility index (Phi) is 5.04. The van der Waals surface area contributed by atoms with E-state index in [0.29, 0.717) is 5.56 Å². The van der Waals surface area contributed by atoms with Gasteiger partial charge in [-0.05, 0) is 37.6 Å². The van der Waals surface area contributed by atoms with Crippen LogP contribution in [-0.4, -0.2) is 10.9 Å². The third-order valence-electron chi connectivity index (χ3n) is 4.59. The molecule has 0 saturated carbocycles. The van der Waals surface area contributed by atoms with Gasteiger partial charge in [0.2, 0.25) is 0 Å². The number of carbonyl (C=O) groups excluding carboxylic acids is 1. The van der Waals surface area contributed by atoms with Crippen LogP contribution in [0.1, 0.15) is 21.5 Å². The van der Waals surface area contributed by atoms with Gasteiger partial charge in [-0.3, -0.25) is 4.79 Å². The summed E-state index contributed by atoms with van der Waals surface area (Å²) in [6.07, 6.45) is 0. The van der Waals surface area contributed by atoms with Crippen molar-refractivity contribution >= 4 is 22.9 Å². The fourth-order valence-corrected chi connectivity index (χ4v) is 3.95. The summed E-state index contributed by atoms with van der Waals surface area (Å²) >= 11 is 1.63. The maximum Gasteiger partial charge on any atom is 0.255 e. The molecule has 0 fully saturated rings. The van der Waals surface area contributed by atoms with E-state index in [-0.39, 0.29) is 5.91 Å². The molecule has 4 heteroatoms. The standard InChI is InChI=1S/C24H20N2OS/c1-16-8-13-21(17(2)14-16)23(27)25-20-11-9-18(10-12-20)22-15-28-24(26-22)19-6-4-3-5-7-19/h3-15H,1-2H3,(H,25,27). The molecule has 0 radical (unpaired) electrons. The van der Waals surface area contributed by atoms with Crippen molar-refractivity contribution in [1.29, 1.82) is 0 Å². The largest absolute Gasteiger partial charge is 0.322 e. The van der Waals surface area contributed by atoms with Gasteiger partial charge in [-0.15, -0.1) is 11.3 Å². The summed E-state index contributed by atoms with van der Waals surface area (Å²) in [6.45, 7) is 3.98. The van der Waals surface area contributed by atoms with Gasteiger partial charge < -0.3 is 5.32 Å². The summed E-state index contributed by atoms with van der Waals surface area (Å²) < 4.78 is 0. The average Bonchev–Trinajstić information content (AvgIpc) is 3.19. The lowest BCUT2D eigenvalue weighted by atomic mass is 10.1. The minimum Gasteiger partial charge on any atom is -0.322 e. The van der Waals surface area contributed by atoms with Crippen LogP contribution in [0.4, 0.5) is 5.69 Å². The van der Waals surface area contributed by atoms with Crippen molar-refractivity contribution in [3.8, 4) is 21.8 Å². The van der Waals surface area contributed by atoms with Crippen molar-refractivity contribution in [1.82, 2.24) is 4.98 Å². The Morgan fingerprint density at radius 3 is 2.36 bits per heavy atom. The molecule has 4 aromatic rings. The Morgan fingerprint density at radius 1 is 0.893 bits per heavy atom. The van der Waals surface area contributed by atoms with Gasteiger partial charge in [0.25, 0.3) is 5.91 Å². The Labute approximate surface area is 168 Å². The minimum atomic E-state index is -0.0923. The molecule has 0 aliphatic rings. The fourth-order valence-electron chi connectivity index (χ4n) is 3.11. The van der Waals surface area contributed by atoms with E-state index in [2.05, 4.69) is 22.8 Å². The predicted octanol–water partition coefficient (Wildman–Crippen LogP) is 6.35. The van der Waals surface area contributed by atoms with Gasteiger partial charge in [0.1, 0.15) is 5.01 Å². The first-order valence-electron chi connectivity index (χ1n) is 9.10. The number of nitrogens with one attached hydrogen (secondary N) is 1. The molecule has 0 unspecified atom stereocenters. The van der Waals surface area contributed by atoms with Crippen molar-refractivity contribution in [2.45, 2.75) is 13.8 Å². The molecule has 1 aromatic heterocycles. The SMILES string of the molecule is Cc1ccc(C(=O)Nc2ccc(-c3csc(-c4ccccc4)n3)cc2)c(C)c1. The van der Waals surface area contributed by atoms with Crippen molar-refractivity contribution in [2.24, 2.45) is 0 Å². The van der Waals surface area contributed by atoms with Crippen molar-refractivity contribution in [3.05, 3.63) is 94.9 Å². The highest BCUT2D eigenvalue weighted by molar-refractivity contribution is 7.13. The molecule has 0 aliphatic carbocycles. The van der Waals surface area contributed by atoms with Gasteiger partial charge >= 0.3 is 0 Å². The summed E-state index contributed by atoms with van der Waals surface area (Å²) in [4.78, 5) is 17.3. The highest BCUT2D eigenvalue weighted by Gasteiger charge is 2.10. The summed E-state index contributed by atoms with van der Waals surface area (Å²) in [5, 5.41) is 6.04. The number of amides is 1.